The quantitative estimate of drug-likeness (QED) is 0.735. The lowest BCUT2D eigenvalue weighted by Crippen LogP contribution is -2.20. The molecule has 0 aliphatic carbocycles. The van der Waals surface area contributed by atoms with Gasteiger partial charge in [0.15, 0.2) is 12.4 Å². The highest BCUT2D eigenvalue weighted by atomic mass is 19.1. The molecule has 3 rings (SSSR count). The van der Waals surface area contributed by atoms with E-state index in [-0.39, 0.29) is 24.2 Å². The number of aryl methyl sites for hydroxylation is 3. The molecule has 0 aliphatic heterocycles. The second-order valence-corrected chi connectivity index (χ2v) is 6.31. The summed E-state index contributed by atoms with van der Waals surface area (Å²) in [7, 11) is 0. The molecule has 0 fully saturated rings. The summed E-state index contributed by atoms with van der Waals surface area (Å²) in [6.07, 6.45) is 0. The Hall–Kier alpha value is -3.28. The first-order chi connectivity index (χ1) is 12.9. The van der Waals surface area contributed by atoms with E-state index in [0.717, 1.165) is 16.8 Å². The van der Waals surface area contributed by atoms with Crippen LogP contribution in [0.15, 0.2) is 48.5 Å². The topological polar surface area (TPSA) is 64.1 Å². The highest BCUT2D eigenvalue weighted by Gasteiger charge is 2.09. The van der Waals surface area contributed by atoms with E-state index in [1.54, 1.807) is 25.1 Å². The van der Waals surface area contributed by atoms with Gasteiger partial charge in [-0.2, -0.15) is 4.98 Å². The SMILES string of the molecule is Cc1cc(OCC(=O)Nc2ccc(C)c(C)c2)nc(-c2ccc(F)cc2)n1. The maximum atomic E-state index is 13.1. The average Bonchev–Trinajstić information content (AvgIpc) is 2.63. The minimum Gasteiger partial charge on any atom is -0.467 e. The summed E-state index contributed by atoms with van der Waals surface area (Å²) in [6.45, 7) is 5.63. The number of rotatable bonds is 5. The summed E-state index contributed by atoms with van der Waals surface area (Å²) >= 11 is 0. The van der Waals surface area contributed by atoms with Crippen LogP contribution in [0, 0.1) is 26.6 Å². The summed E-state index contributed by atoms with van der Waals surface area (Å²) in [5.74, 6) is 0.0976. The van der Waals surface area contributed by atoms with Gasteiger partial charge < -0.3 is 10.1 Å². The Balaban J connectivity index is 1.67. The zero-order valence-electron chi connectivity index (χ0n) is 15.4. The third-order valence-corrected chi connectivity index (χ3v) is 4.07. The van der Waals surface area contributed by atoms with Crippen molar-refractivity contribution in [1.82, 2.24) is 9.97 Å². The van der Waals surface area contributed by atoms with Crippen LogP contribution in [0.2, 0.25) is 0 Å². The number of nitrogens with one attached hydrogen (secondary N) is 1. The molecule has 0 saturated heterocycles. The molecule has 0 radical (unpaired) electrons. The predicted octanol–water partition coefficient (Wildman–Crippen LogP) is 4.23. The second kappa shape index (κ2) is 7.95. The number of hydrogen-bond acceptors (Lipinski definition) is 4. The molecule has 5 nitrogen and oxygen atoms in total. The second-order valence-electron chi connectivity index (χ2n) is 6.31. The molecule has 1 amide bonds. The lowest BCUT2D eigenvalue weighted by Gasteiger charge is -2.10. The fraction of sp³-hybridized carbons (Fsp3) is 0.190. The van der Waals surface area contributed by atoms with Gasteiger partial charge in [0.1, 0.15) is 5.82 Å². The Bertz CT molecular complexity index is 972. The molecule has 1 N–H and O–H groups in total. The smallest absolute Gasteiger partial charge is 0.262 e. The number of halogens is 1. The highest BCUT2D eigenvalue weighted by Crippen LogP contribution is 2.19. The highest BCUT2D eigenvalue weighted by molar-refractivity contribution is 5.92. The van der Waals surface area contributed by atoms with Crippen molar-refractivity contribution in [2.75, 3.05) is 11.9 Å². The normalized spacial score (nSPS) is 10.5. The van der Waals surface area contributed by atoms with Gasteiger partial charge in [-0.25, -0.2) is 9.37 Å². The molecule has 3 aromatic rings. The maximum Gasteiger partial charge on any atom is 0.262 e. The number of ether oxygens (including phenoxy) is 1. The van der Waals surface area contributed by atoms with Gasteiger partial charge in [-0.05, 0) is 68.3 Å². The van der Waals surface area contributed by atoms with Crippen LogP contribution >= 0.6 is 0 Å². The number of carbonyl (C=O) groups is 1. The zero-order chi connectivity index (χ0) is 19.4. The number of aromatic nitrogens is 2. The van der Waals surface area contributed by atoms with Gasteiger partial charge in [-0.15, -0.1) is 0 Å². The Morgan fingerprint density at radius 2 is 1.74 bits per heavy atom. The van der Waals surface area contributed by atoms with Crippen LogP contribution in [0.25, 0.3) is 11.4 Å². The van der Waals surface area contributed by atoms with Crippen LogP contribution in [0.3, 0.4) is 0 Å². The van der Waals surface area contributed by atoms with Crippen LogP contribution in [0.5, 0.6) is 5.88 Å². The van der Waals surface area contributed by atoms with Crippen molar-refractivity contribution in [2.24, 2.45) is 0 Å². The van der Waals surface area contributed by atoms with E-state index in [1.165, 1.54) is 12.1 Å². The van der Waals surface area contributed by atoms with E-state index in [2.05, 4.69) is 15.3 Å². The molecule has 27 heavy (non-hydrogen) atoms. The largest absolute Gasteiger partial charge is 0.467 e. The van der Waals surface area contributed by atoms with Gasteiger partial charge in [-0.1, -0.05) is 6.07 Å². The van der Waals surface area contributed by atoms with Gasteiger partial charge in [0.25, 0.3) is 5.91 Å². The van der Waals surface area contributed by atoms with Crippen LogP contribution in [0.4, 0.5) is 10.1 Å². The van der Waals surface area contributed by atoms with E-state index in [1.807, 2.05) is 32.0 Å². The van der Waals surface area contributed by atoms with Crippen molar-refractivity contribution in [2.45, 2.75) is 20.8 Å². The molecule has 0 unspecified atom stereocenters. The molecule has 0 aliphatic rings. The van der Waals surface area contributed by atoms with Gasteiger partial charge in [0.2, 0.25) is 5.88 Å². The average molecular weight is 365 g/mol. The summed E-state index contributed by atoms with van der Waals surface area (Å²) < 4.78 is 18.6. The first-order valence-electron chi connectivity index (χ1n) is 8.52. The standard InChI is InChI=1S/C21H20FN3O2/c1-13-4-9-18(10-14(13)2)24-19(26)12-27-20-11-15(3)23-21(25-20)16-5-7-17(22)8-6-16/h4-11H,12H2,1-3H3,(H,24,26). The van der Waals surface area contributed by atoms with Crippen molar-refractivity contribution in [3.8, 4) is 17.3 Å². The molecular formula is C21H20FN3O2. The lowest BCUT2D eigenvalue weighted by atomic mass is 10.1. The molecule has 6 heteroatoms. The van der Waals surface area contributed by atoms with Crippen LogP contribution in [-0.4, -0.2) is 22.5 Å². The third-order valence-electron chi connectivity index (χ3n) is 4.07. The van der Waals surface area contributed by atoms with E-state index in [9.17, 15) is 9.18 Å². The van der Waals surface area contributed by atoms with Gasteiger partial charge in [-0.3, -0.25) is 4.79 Å². The van der Waals surface area contributed by atoms with Crippen LogP contribution in [-0.2, 0) is 4.79 Å². The molecule has 2 aromatic carbocycles. The minimum atomic E-state index is -0.328. The van der Waals surface area contributed by atoms with Crippen molar-refractivity contribution in [1.29, 1.82) is 0 Å². The molecule has 0 saturated carbocycles. The molecule has 0 spiro atoms. The molecule has 138 valence electrons. The van der Waals surface area contributed by atoms with Gasteiger partial charge in [0, 0.05) is 23.0 Å². The number of nitrogens with zero attached hydrogens (tertiary/aromatic N) is 2. The Morgan fingerprint density at radius 1 is 1.00 bits per heavy atom. The molecular weight excluding hydrogens is 345 g/mol. The summed E-state index contributed by atoms with van der Waals surface area (Å²) in [5.41, 5.74) is 4.34. The molecule has 1 heterocycles. The predicted molar refractivity (Wildman–Crippen MR) is 102 cm³/mol. The third kappa shape index (κ3) is 4.88. The van der Waals surface area contributed by atoms with Crippen LogP contribution in [0.1, 0.15) is 16.8 Å². The summed E-state index contributed by atoms with van der Waals surface area (Å²) in [6, 6.07) is 13.2. The van der Waals surface area contributed by atoms with Crippen molar-refractivity contribution in [3.63, 3.8) is 0 Å². The molecule has 0 atom stereocenters. The van der Waals surface area contributed by atoms with Gasteiger partial charge >= 0.3 is 0 Å². The number of hydrogen-bond donors (Lipinski definition) is 1. The summed E-state index contributed by atoms with van der Waals surface area (Å²) in [5, 5.41) is 2.80. The zero-order valence-corrected chi connectivity index (χ0v) is 15.4. The number of amides is 1. The lowest BCUT2D eigenvalue weighted by molar-refractivity contribution is -0.118. The maximum absolute atomic E-state index is 13.1. The molecule has 0 bridgehead atoms. The number of carbonyl (C=O) groups excluding carboxylic acids is 1. The number of benzene rings is 2. The first kappa shape index (κ1) is 18.5. The van der Waals surface area contributed by atoms with E-state index >= 15 is 0 Å². The van der Waals surface area contributed by atoms with Crippen LogP contribution < -0.4 is 10.1 Å². The fourth-order valence-corrected chi connectivity index (χ4v) is 2.50. The van der Waals surface area contributed by atoms with Gasteiger partial charge in [0.05, 0.1) is 0 Å². The Morgan fingerprint density at radius 3 is 2.44 bits per heavy atom. The van der Waals surface area contributed by atoms with E-state index in [4.69, 9.17) is 4.74 Å². The van der Waals surface area contributed by atoms with Crippen molar-refractivity contribution in [3.05, 3.63) is 71.2 Å². The van der Waals surface area contributed by atoms with Crippen molar-refractivity contribution < 1.29 is 13.9 Å². The first-order valence-corrected chi connectivity index (χ1v) is 8.52. The minimum absolute atomic E-state index is 0.174. The molecule has 1 aromatic heterocycles. The van der Waals surface area contributed by atoms with Crippen molar-refractivity contribution >= 4 is 11.6 Å². The monoisotopic (exact) mass is 365 g/mol. The Labute approximate surface area is 157 Å². The summed E-state index contributed by atoms with van der Waals surface area (Å²) in [4.78, 5) is 20.8. The van der Waals surface area contributed by atoms with E-state index < -0.39 is 0 Å². The number of anilines is 1. The fourth-order valence-electron chi connectivity index (χ4n) is 2.50. The van der Waals surface area contributed by atoms with E-state index in [0.29, 0.717) is 17.1 Å². The Kier molecular flexibility index (Phi) is 5.45.